The van der Waals surface area contributed by atoms with Crippen molar-refractivity contribution in [2.24, 2.45) is 5.92 Å². The molecule has 126 valence electrons. The Labute approximate surface area is 143 Å². The molecule has 0 radical (unpaired) electrons. The maximum absolute atomic E-state index is 12.5. The van der Waals surface area contributed by atoms with Crippen LogP contribution in [0.4, 0.5) is 5.69 Å². The van der Waals surface area contributed by atoms with Crippen molar-refractivity contribution in [2.45, 2.75) is 33.2 Å². The third-order valence-electron chi connectivity index (χ3n) is 3.90. The van der Waals surface area contributed by atoms with Crippen LogP contribution in [-0.4, -0.2) is 17.9 Å². The van der Waals surface area contributed by atoms with Crippen LogP contribution in [0.2, 0.25) is 0 Å². The Morgan fingerprint density at radius 2 is 1.58 bits per heavy atom. The van der Waals surface area contributed by atoms with Gasteiger partial charge in [0.2, 0.25) is 5.91 Å². The molecule has 24 heavy (non-hydrogen) atoms. The minimum atomic E-state index is -0.594. The van der Waals surface area contributed by atoms with Crippen molar-refractivity contribution in [3.05, 3.63) is 65.7 Å². The van der Waals surface area contributed by atoms with Crippen molar-refractivity contribution in [3.63, 3.8) is 0 Å². The first kappa shape index (κ1) is 17.7. The first-order valence-electron chi connectivity index (χ1n) is 8.27. The Kier molecular flexibility index (Phi) is 6.13. The second-order valence-corrected chi connectivity index (χ2v) is 6.10. The molecule has 0 aromatic heterocycles. The van der Waals surface area contributed by atoms with Crippen LogP contribution >= 0.6 is 0 Å². The SMILES string of the molecule is CCc1ccc(NC(=O)C(NC(=O)c2ccccc2)C(C)C)cc1. The average Bonchev–Trinajstić information content (AvgIpc) is 2.60. The Balaban J connectivity index is 2.06. The van der Waals surface area contributed by atoms with E-state index in [1.807, 2.05) is 44.2 Å². The molecule has 2 aromatic rings. The van der Waals surface area contributed by atoms with E-state index in [0.717, 1.165) is 12.1 Å². The van der Waals surface area contributed by atoms with E-state index in [9.17, 15) is 9.59 Å². The van der Waals surface area contributed by atoms with Crippen molar-refractivity contribution < 1.29 is 9.59 Å². The molecule has 0 saturated heterocycles. The molecule has 0 heterocycles. The van der Waals surface area contributed by atoms with Crippen LogP contribution in [0.5, 0.6) is 0 Å². The maximum atomic E-state index is 12.5. The molecule has 0 aliphatic heterocycles. The van der Waals surface area contributed by atoms with E-state index in [1.54, 1.807) is 24.3 Å². The lowest BCUT2D eigenvalue weighted by atomic mass is 10.0. The summed E-state index contributed by atoms with van der Waals surface area (Å²) in [5.74, 6) is -0.475. The zero-order chi connectivity index (χ0) is 17.5. The van der Waals surface area contributed by atoms with Gasteiger partial charge in [-0.2, -0.15) is 0 Å². The molecule has 0 aliphatic carbocycles. The molecule has 0 saturated carbocycles. The van der Waals surface area contributed by atoms with E-state index in [0.29, 0.717) is 5.56 Å². The molecule has 1 unspecified atom stereocenters. The normalized spacial score (nSPS) is 11.8. The molecular weight excluding hydrogens is 300 g/mol. The molecule has 2 amide bonds. The Bertz CT molecular complexity index is 679. The lowest BCUT2D eigenvalue weighted by Gasteiger charge is -2.22. The smallest absolute Gasteiger partial charge is 0.251 e. The maximum Gasteiger partial charge on any atom is 0.251 e. The Hall–Kier alpha value is -2.62. The van der Waals surface area contributed by atoms with E-state index in [4.69, 9.17) is 0 Å². The van der Waals surface area contributed by atoms with Gasteiger partial charge in [-0.1, -0.05) is 51.1 Å². The molecule has 0 bridgehead atoms. The molecule has 4 nitrogen and oxygen atoms in total. The molecule has 0 fully saturated rings. The van der Waals surface area contributed by atoms with Crippen LogP contribution in [0.25, 0.3) is 0 Å². The van der Waals surface area contributed by atoms with Gasteiger partial charge in [0.15, 0.2) is 0 Å². The van der Waals surface area contributed by atoms with E-state index < -0.39 is 6.04 Å². The molecule has 0 spiro atoms. The fraction of sp³-hybridized carbons (Fsp3) is 0.300. The zero-order valence-corrected chi connectivity index (χ0v) is 14.4. The number of nitrogens with one attached hydrogen (secondary N) is 2. The van der Waals surface area contributed by atoms with Gasteiger partial charge in [-0.3, -0.25) is 9.59 Å². The number of carbonyl (C=O) groups excluding carboxylic acids is 2. The van der Waals surface area contributed by atoms with Gasteiger partial charge < -0.3 is 10.6 Å². The number of hydrogen-bond donors (Lipinski definition) is 2. The lowest BCUT2D eigenvalue weighted by Crippen LogP contribution is -2.47. The minimum Gasteiger partial charge on any atom is -0.340 e. The summed E-state index contributed by atoms with van der Waals surface area (Å²) in [5, 5.41) is 5.70. The first-order valence-corrected chi connectivity index (χ1v) is 8.27. The number of anilines is 1. The van der Waals surface area contributed by atoms with Crippen molar-refractivity contribution in [1.82, 2.24) is 5.32 Å². The van der Waals surface area contributed by atoms with E-state index in [1.165, 1.54) is 5.56 Å². The number of aryl methyl sites for hydroxylation is 1. The average molecular weight is 324 g/mol. The number of benzene rings is 2. The van der Waals surface area contributed by atoms with Crippen LogP contribution in [-0.2, 0) is 11.2 Å². The minimum absolute atomic E-state index is 0.0208. The molecule has 2 rings (SSSR count). The molecular formula is C20H24N2O2. The summed E-state index contributed by atoms with van der Waals surface area (Å²) < 4.78 is 0. The Morgan fingerprint density at radius 1 is 0.958 bits per heavy atom. The molecule has 2 N–H and O–H groups in total. The number of rotatable bonds is 6. The van der Waals surface area contributed by atoms with Gasteiger partial charge in [-0.05, 0) is 42.2 Å². The highest BCUT2D eigenvalue weighted by atomic mass is 16.2. The summed E-state index contributed by atoms with van der Waals surface area (Å²) in [7, 11) is 0. The summed E-state index contributed by atoms with van der Waals surface area (Å²) in [6.45, 7) is 5.91. The van der Waals surface area contributed by atoms with Gasteiger partial charge in [0.05, 0.1) is 0 Å². The summed E-state index contributed by atoms with van der Waals surface area (Å²) >= 11 is 0. The number of hydrogen-bond acceptors (Lipinski definition) is 2. The molecule has 2 aromatic carbocycles. The highest BCUT2D eigenvalue weighted by Crippen LogP contribution is 2.12. The quantitative estimate of drug-likeness (QED) is 0.852. The highest BCUT2D eigenvalue weighted by Gasteiger charge is 2.24. The predicted molar refractivity (Wildman–Crippen MR) is 97.0 cm³/mol. The van der Waals surface area contributed by atoms with Gasteiger partial charge in [-0.25, -0.2) is 0 Å². The van der Waals surface area contributed by atoms with Gasteiger partial charge in [-0.15, -0.1) is 0 Å². The highest BCUT2D eigenvalue weighted by molar-refractivity contribution is 6.01. The molecule has 4 heteroatoms. The third kappa shape index (κ3) is 4.69. The lowest BCUT2D eigenvalue weighted by molar-refractivity contribution is -0.118. The van der Waals surface area contributed by atoms with Crippen LogP contribution < -0.4 is 10.6 Å². The predicted octanol–water partition coefficient (Wildman–Crippen LogP) is 3.64. The molecule has 1 atom stereocenters. The van der Waals surface area contributed by atoms with Gasteiger partial charge in [0, 0.05) is 11.3 Å². The standard InChI is InChI=1S/C20H24N2O2/c1-4-15-10-12-17(13-11-15)21-20(24)18(14(2)3)22-19(23)16-8-6-5-7-9-16/h5-14,18H,4H2,1-3H3,(H,21,24)(H,22,23). The van der Waals surface area contributed by atoms with Crippen LogP contribution in [0.3, 0.4) is 0 Å². The number of carbonyl (C=O) groups is 2. The fourth-order valence-electron chi connectivity index (χ4n) is 2.39. The summed E-state index contributed by atoms with van der Waals surface area (Å²) in [4.78, 5) is 24.9. The van der Waals surface area contributed by atoms with Crippen LogP contribution in [0, 0.1) is 5.92 Å². The van der Waals surface area contributed by atoms with Crippen molar-refractivity contribution in [3.8, 4) is 0 Å². The second kappa shape index (κ2) is 8.29. The van der Waals surface area contributed by atoms with E-state index in [2.05, 4.69) is 17.6 Å². The summed E-state index contributed by atoms with van der Waals surface area (Å²) in [5.41, 5.74) is 2.49. The second-order valence-electron chi connectivity index (χ2n) is 6.10. The van der Waals surface area contributed by atoms with Crippen molar-refractivity contribution >= 4 is 17.5 Å². The van der Waals surface area contributed by atoms with Crippen LogP contribution in [0.15, 0.2) is 54.6 Å². The fourth-order valence-corrected chi connectivity index (χ4v) is 2.39. The third-order valence-corrected chi connectivity index (χ3v) is 3.90. The van der Waals surface area contributed by atoms with E-state index in [-0.39, 0.29) is 17.7 Å². The monoisotopic (exact) mass is 324 g/mol. The largest absolute Gasteiger partial charge is 0.340 e. The summed E-state index contributed by atoms with van der Waals surface area (Å²) in [6, 6.07) is 16.1. The van der Waals surface area contributed by atoms with Crippen molar-refractivity contribution in [1.29, 1.82) is 0 Å². The zero-order valence-electron chi connectivity index (χ0n) is 14.4. The Morgan fingerprint density at radius 3 is 2.12 bits per heavy atom. The first-order chi connectivity index (χ1) is 11.5. The van der Waals surface area contributed by atoms with Gasteiger partial charge >= 0.3 is 0 Å². The number of amides is 2. The van der Waals surface area contributed by atoms with Gasteiger partial charge in [0.25, 0.3) is 5.91 Å². The summed E-state index contributed by atoms with van der Waals surface area (Å²) in [6.07, 6.45) is 0.954. The van der Waals surface area contributed by atoms with Crippen molar-refractivity contribution in [2.75, 3.05) is 5.32 Å². The van der Waals surface area contributed by atoms with Gasteiger partial charge in [0.1, 0.15) is 6.04 Å². The topological polar surface area (TPSA) is 58.2 Å². The van der Waals surface area contributed by atoms with E-state index >= 15 is 0 Å². The molecule has 0 aliphatic rings. The van der Waals surface area contributed by atoms with Crippen LogP contribution in [0.1, 0.15) is 36.7 Å².